The Kier molecular flexibility index (Phi) is 5.10. The Morgan fingerprint density at radius 3 is 2.78 bits per heavy atom. The summed E-state index contributed by atoms with van der Waals surface area (Å²) in [7, 11) is 0. The number of carbonyl (C=O) groups excluding carboxylic acids is 1. The fourth-order valence-electron chi connectivity index (χ4n) is 1.29. The predicted octanol–water partition coefficient (Wildman–Crippen LogP) is 1.43. The molecule has 0 saturated carbocycles. The lowest BCUT2D eigenvalue weighted by Crippen LogP contribution is -2.29. The van der Waals surface area contributed by atoms with Crippen molar-refractivity contribution in [3.05, 3.63) is 29.6 Å². The van der Waals surface area contributed by atoms with Crippen LogP contribution in [0.4, 0.5) is 4.39 Å². The Labute approximate surface area is 104 Å². The monoisotopic (exact) mass is 255 g/mol. The molecule has 0 heterocycles. The highest BCUT2D eigenvalue weighted by Crippen LogP contribution is 2.21. The number of hydrogen-bond acceptors (Lipinski definition) is 3. The van der Waals surface area contributed by atoms with Crippen LogP contribution in [-0.4, -0.2) is 30.1 Å². The Morgan fingerprint density at radius 2 is 2.17 bits per heavy atom. The second kappa shape index (κ2) is 6.58. The highest BCUT2D eigenvalue weighted by Gasteiger charge is 2.17. The first-order valence-electron chi connectivity index (χ1n) is 5.47. The molecule has 0 atom stereocenters. The number of hydrogen-bond donors (Lipinski definition) is 2. The normalized spacial score (nSPS) is 9.89. The molecule has 6 heteroatoms. The van der Waals surface area contributed by atoms with Gasteiger partial charge in [-0.15, -0.1) is 0 Å². The number of carboxylic acids is 1. The summed E-state index contributed by atoms with van der Waals surface area (Å²) in [5.41, 5.74) is -0.569. The summed E-state index contributed by atoms with van der Waals surface area (Å²) in [6.07, 6.45) is 0.784. The summed E-state index contributed by atoms with van der Waals surface area (Å²) in [6, 6.07) is 3.65. The van der Waals surface area contributed by atoms with E-state index in [0.29, 0.717) is 6.54 Å². The van der Waals surface area contributed by atoms with Gasteiger partial charge < -0.3 is 15.2 Å². The molecule has 0 saturated heterocycles. The van der Waals surface area contributed by atoms with E-state index in [1.807, 2.05) is 6.92 Å². The van der Waals surface area contributed by atoms with Crippen LogP contribution in [0.2, 0.25) is 0 Å². The Bertz CT molecular complexity index is 448. The van der Waals surface area contributed by atoms with E-state index < -0.39 is 17.3 Å². The molecule has 2 N–H and O–H groups in total. The van der Waals surface area contributed by atoms with Crippen LogP contribution in [0.1, 0.15) is 23.7 Å². The maximum Gasteiger partial charge on any atom is 0.342 e. The molecule has 1 aromatic rings. The van der Waals surface area contributed by atoms with E-state index in [1.54, 1.807) is 0 Å². The molecule has 0 aliphatic rings. The molecular formula is C12H14FNO4. The maximum atomic E-state index is 13.3. The van der Waals surface area contributed by atoms with Gasteiger partial charge in [-0.1, -0.05) is 13.0 Å². The lowest BCUT2D eigenvalue weighted by molar-refractivity contribution is -0.123. The standard InChI is InChI=1S/C12H14FNO4/c1-2-6-14-10(15)7-18-9-5-3-4-8(13)11(9)12(16)17/h3-5H,2,6-7H2,1H3,(H,14,15)(H,16,17). The van der Waals surface area contributed by atoms with Gasteiger partial charge >= 0.3 is 5.97 Å². The second-order valence-corrected chi connectivity index (χ2v) is 3.56. The molecule has 98 valence electrons. The van der Waals surface area contributed by atoms with Crippen LogP contribution in [0.5, 0.6) is 5.75 Å². The van der Waals surface area contributed by atoms with Crippen molar-refractivity contribution in [2.75, 3.05) is 13.2 Å². The highest BCUT2D eigenvalue weighted by molar-refractivity contribution is 5.91. The number of amides is 1. The van der Waals surface area contributed by atoms with Crippen molar-refractivity contribution in [3.8, 4) is 5.75 Å². The quantitative estimate of drug-likeness (QED) is 0.806. The average molecular weight is 255 g/mol. The first kappa shape index (κ1) is 14.0. The van der Waals surface area contributed by atoms with Crippen molar-refractivity contribution in [1.82, 2.24) is 5.32 Å². The number of carbonyl (C=O) groups is 2. The molecule has 0 aliphatic heterocycles. The SMILES string of the molecule is CCCNC(=O)COc1cccc(F)c1C(=O)O. The van der Waals surface area contributed by atoms with Gasteiger partial charge in [0.15, 0.2) is 6.61 Å². The third-order valence-electron chi connectivity index (χ3n) is 2.12. The van der Waals surface area contributed by atoms with Crippen molar-refractivity contribution in [1.29, 1.82) is 0 Å². The molecule has 0 fully saturated rings. The Balaban J connectivity index is 2.70. The van der Waals surface area contributed by atoms with Crippen molar-refractivity contribution in [2.24, 2.45) is 0 Å². The fourth-order valence-corrected chi connectivity index (χ4v) is 1.29. The second-order valence-electron chi connectivity index (χ2n) is 3.56. The average Bonchev–Trinajstić information content (AvgIpc) is 2.33. The number of halogens is 1. The zero-order valence-electron chi connectivity index (χ0n) is 9.90. The first-order chi connectivity index (χ1) is 8.56. The van der Waals surface area contributed by atoms with Gasteiger partial charge in [0.2, 0.25) is 0 Å². The minimum atomic E-state index is -1.43. The van der Waals surface area contributed by atoms with Crippen molar-refractivity contribution in [3.63, 3.8) is 0 Å². The molecule has 0 aliphatic carbocycles. The topological polar surface area (TPSA) is 75.6 Å². The van der Waals surface area contributed by atoms with Crippen LogP contribution in [-0.2, 0) is 4.79 Å². The van der Waals surface area contributed by atoms with Crippen LogP contribution in [0.3, 0.4) is 0 Å². The molecular weight excluding hydrogens is 241 g/mol. The van der Waals surface area contributed by atoms with E-state index in [-0.39, 0.29) is 18.3 Å². The van der Waals surface area contributed by atoms with Crippen LogP contribution in [0.15, 0.2) is 18.2 Å². The number of nitrogens with one attached hydrogen (secondary N) is 1. The van der Waals surface area contributed by atoms with Crippen LogP contribution >= 0.6 is 0 Å². The van der Waals surface area contributed by atoms with Gasteiger partial charge in [0.25, 0.3) is 5.91 Å². The van der Waals surface area contributed by atoms with Crippen molar-refractivity contribution in [2.45, 2.75) is 13.3 Å². The van der Waals surface area contributed by atoms with Gasteiger partial charge in [-0.2, -0.15) is 0 Å². The van der Waals surface area contributed by atoms with E-state index >= 15 is 0 Å². The predicted molar refractivity (Wildman–Crippen MR) is 62.2 cm³/mol. The van der Waals surface area contributed by atoms with E-state index in [2.05, 4.69) is 5.32 Å². The molecule has 18 heavy (non-hydrogen) atoms. The number of rotatable bonds is 6. The fraction of sp³-hybridized carbons (Fsp3) is 0.333. The van der Waals surface area contributed by atoms with E-state index in [4.69, 9.17) is 9.84 Å². The number of benzene rings is 1. The lowest BCUT2D eigenvalue weighted by Gasteiger charge is -2.09. The molecule has 1 rings (SSSR count). The summed E-state index contributed by atoms with van der Waals surface area (Å²) in [6.45, 7) is 2.07. The molecule has 5 nitrogen and oxygen atoms in total. The summed E-state index contributed by atoms with van der Waals surface area (Å²) in [5, 5.41) is 11.4. The molecule has 1 aromatic carbocycles. The van der Waals surface area contributed by atoms with Crippen LogP contribution in [0, 0.1) is 5.82 Å². The third-order valence-corrected chi connectivity index (χ3v) is 2.12. The van der Waals surface area contributed by atoms with Gasteiger partial charge in [-0.3, -0.25) is 4.79 Å². The summed E-state index contributed by atoms with van der Waals surface area (Å²) in [4.78, 5) is 22.1. The molecule has 0 radical (unpaired) electrons. The van der Waals surface area contributed by atoms with Gasteiger partial charge in [0.05, 0.1) is 0 Å². The summed E-state index contributed by atoms with van der Waals surface area (Å²) in [5.74, 6) is -2.86. The van der Waals surface area contributed by atoms with Crippen LogP contribution < -0.4 is 10.1 Å². The van der Waals surface area contributed by atoms with Gasteiger partial charge in [0, 0.05) is 6.54 Å². The summed E-state index contributed by atoms with van der Waals surface area (Å²) < 4.78 is 18.3. The van der Waals surface area contributed by atoms with Crippen molar-refractivity contribution < 1.29 is 23.8 Å². The van der Waals surface area contributed by atoms with E-state index in [9.17, 15) is 14.0 Å². The zero-order chi connectivity index (χ0) is 13.5. The van der Waals surface area contributed by atoms with Gasteiger partial charge in [-0.05, 0) is 18.6 Å². The minimum Gasteiger partial charge on any atom is -0.483 e. The lowest BCUT2D eigenvalue weighted by atomic mass is 10.2. The van der Waals surface area contributed by atoms with E-state index in [0.717, 1.165) is 12.5 Å². The van der Waals surface area contributed by atoms with Crippen LogP contribution in [0.25, 0.3) is 0 Å². The van der Waals surface area contributed by atoms with E-state index in [1.165, 1.54) is 12.1 Å². The minimum absolute atomic E-state index is 0.158. The number of ether oxygens (including phenoxy) is 1. The number of aromatic carboxylic acids is 1. The Morgan fingerprint density at radius 1 is 1.44 bits per heavy atom. The smallest absolute Gasteiger partial charge is 0.342 e. The molecule has 0 aromatic heterocycles. The Hall–Kier alpha value is -2.11. The maximum absolute atomic E-state index is 13.3. The largest absolute Gasteiger partial charge is 0.483 e. The third kappa shape index (κ3) is 3.73. The van der Waals surface area contributed by atoms with Crippen molar-refractivity contribution >= 4 is 11.9 Å². The first-order valence-corrected chi connectivity index (χ1v) is 5.47. The molecule has 0 bridgehead atoms. The van der Waals surface area contributed by atoms with Gasteiger partial charge in [-0.25, -0.2) is 9.18 Å². The highest BCUT2D eigenvalue weighted by atomic mass is 19.1. The molecule has 0 unspecified atom stereocenters. The van der Waals surface area contributed by atoms with Gasteiger partial charge in [0.1, 0.15) is 17.1 Å². The number of carboxylic acid groups (broad SMARTS) is 1. The zero-order valence-corrected chi connectivity index (χ0v) is 9.90. The molecule has 1 amide bonds. The summed E-state index contributed by atoms with van der Waals surface area (Å²) >= 11 is 0. The molecule has 0 spiro atoms.